The zero-order chi connectivity index (χ0) is 12.8. The third kappa shape index (κ3) is 5.51. The molecule has 1 rings (SSSR count). The summed E-state index contributed by atoms with van der Waals surface area (Å²) in [6.07, 6.45) is -2.37. The molecule has 0 saturated heterocycles. The van der Waals surface area contributed by atoms with Crippen LogP contribution in [0.4, 0.5) is 8.78 Å². The van der Waals surface area contributed by atoms with Crippen LogP contribution < -0.4 is 0 Å². The summed E-state index contributed by atoms with van der Waals surface area (Å²) in [5.41, 5.74) is 0.820. The summed E-state index contributed by atoms with van der Waals surface area (Å²) < 4.78 is 25.6. The van der Waals surface area contributed by atoms with Gasteiger partial charge in [-0.1, -0.05) is 33.6 Å². The van der Waals surface area contributed by atoms with Crippen LogP contribution in [0.15, 0.2) is 22.7 Å². The van der Waals surface area contributed by atoms with E-state index in [9.17, 15) is 8.78 Å². The summed E-state index contributed by atoms with van der Waals surface area (Å²) >= 11 is 14.9. The second kappa shape index (κ2) is 7.52. The zero-order valence-electron chi connectivity index (χ0n) is 8.97. The maximum absolute atomic E-state index is 12.4. The fourth-order valence-electron chi connectivity index (χ4n) is 1.44. The SMILES string of the molecule is FC(F)CN(CCCl)Cc1ccc(Br)cc1Cl. The van der Waals surface area contributed by atoms with Crippen LogP contribution >= 0.6 is 39.1 Å². The Labute approximate surface area is 118 Å². The summed E-state index contributed by atoms with van der Waals surface area (Å²) in [6, 6.07) is 5.40. The van der Waals surface area contributed by atoms with E-state index in [2.05, 4.69) is 15.9 Å². The molecule has 0 aliphatic heterocycles. The molecule has 1 nitrogen and oxygen atoms in total. The van der Waals surface area contributed by atoms with Crippen molar-refractivity contribution in [3.8, 4) is 0 Å². The fraction of sp³-hybridized carbons (Fsp3) is 0.455. The van der Waals surface area contributed by atoms with Crippen LogP contribution in [0.25, 0.3) is 0 Å². The fourth-order valence-corrected chi connectivity index (χ4v) is 2.41. The molecule has 17 heavy (non-hydrogen) atoms. The number of rotatable bonds is 6. The topological polar surface area (TPSA) is 3.24 Å². The molecule has 0 aliphatic carbocycles. The molecule has 1 aromatic rings. The van der Waals surface area contributed by atoms with Gasteiger partial charge in [0, 0.05) is 28.5 Å². The first kappa shape index (κ1) is 15.2. The maximum Gasteiger partial charge on any atom is 0.251 e. The van der Waals surface area contributed by atoms with Crippen LogP contribution in [0, 0.1) is 0 Å². The van der Waals surface area contributed by atoms with Gasteiger partial charge in [0.1, 0.15) is 0 Å². The molecule has 0 aromatic heterocycles. The van der Waals surface area contributed by atoms with Gasteiger partial charge < -0.3 is 0 Å². The molecule has 0 amide bonds. The minimum atomic E-state index is -2.37. The van der Waals surface area contributed by atoms with E-state index in [1.54, 1.807) is 11.0 Å². The van der Waals surface area contributed by atoms with Crippen molar-refractivity contribution in [2.45, 2.75) is 13.0 Å². The first-order valence-corrected chi connectivity index (χ1v) is 6.74. The van der Waals surface area contributed by atoms with E-state index in [4.69, 9.17) is 23.2 Å². The Balaban J connectivity index is 2.71. The Morgan fingerprint density at radius 2 is 2.06 bits per heavy atom. The third-order valence-electron chi connectivity index (χ3n) is 2.21. The lowest BCUT2D eigenvalue weighted by Crippen LogP contribution is -2.30. The van der Waals surface area contributed by atoms with E-state index < -0.39 is 6.43 Å². The number of nitrogens with zero attached hydrogens (tertiary/aromatic N) is 1. The summed E-state index contributed by atoms with van der Waals surface area (Å²) in [5.74, 6) is 0.320. The van der Waals surface area contributed by atoms with Crippen LogP contribution in [-0.4, -0.2) is 30.3 Å². The van der Waals surface area contributed by atoms with Crippen molar-refractivity contribution in [1.29, 1.82) is 0 Å². The first-order valence-electron chi connectivity index (χ1n) is 5.03. The van der Waals surface area contributed by atoms with Crippen molar-refractivity contribution >= 4 is 39.1 Å². The predicted molar refractivity (Wildman–Crippen MR) is 71.2 cm³/mol. The second-order valence-corrected chi connectivity index (χ2v) is 5.25. The lowest BCUT2D eigenvalue weighted by Gasteiger charge is -2.21. The molecule has 0 saturated carbocycles. The van der Waals surface area contributed by atoms with E-state index in [0.29, 0.717) is 24.0 Å². The van der Waals surface area contributed by atoms with Gasteiger partial charge in [-0.2, -0.15) is 0 Å². The number of hydrogen-bond donors (Lipinski definition) is 0. The molecule has 0 N–H and O–H groups in total. The van der Waals surface area contributed by atoms with Gasteiger partial charge in [-0.25, -0.2) is 8.78 Å². The lowest BCUT2D eigenvalue weighted by molar-refractivity contribution is 0.0878. The molecule has 1 aromatic carbocycles. The lowest BCUT2D eigenvalue weighted by atomic mass is 10.2. The van der Waals surface area contributed by atoms with E-state index in [-0.39, 0.29) is 6.54 Å². The Morgan fingerprint density at radius 3 is 2.59 bits per heavy atom. The van der Waals surface area contributed by atoms with E-state index >= 15 is 0 Å². The average molecular weight is 347 g/mol. The van der Waals surface area contributed by atoms with Gasteiger partial charge in [-0.05, 0) is 17.7 Å². The molecule has 96 valence electrons. The van der Waals surface area contributed by atoms with Gasteiger partial charge in [0.25, 0.3) is 6.43 Å². The van der Waals surface area contributed by atoms with Gasteiger partial charge in [0.05, 0.1) is 6.54 Å². The van der Waals surface area contributed by atoms with Gasteiger partial charge in [0.2, 0.25) is 0 Å². The molecule has 0 aliphatic rings. The van der Waals surface area contributed by atoms with Crippen molar-refractivity contribution in [2.75, 3.05) is 19.0 Å². The maximum atomic E-state index is 12.4. The molecule has 0 heterocycles. The molecule has 0 spiro atoms. The van der Waals surface area contributed by atoms with Crippen LogP contribution in [-0.2, 0) is 6.54 Å². The van der Waals surface area contributed by atoms with Gasteiger partial charge in [-0.15, -0.1) is 11.6 Å². The Bertz CT molecular complexity index is 363. The van der Waals surface area contributed by atoms with E-state index in [1.165, 1.54) is 0 Å². The minimum absolute atomic E-state index is 0.293. The summed E-state index contributed by atoms with van der Waals surface area (Å²) in [7, 11) is 0. The Kier molecular flexibility index (Phi) is 6.70. The van der Waals surface area contributed by atoms with Crippen molar-refractivity contribution in [2.24, 2.45) is 0 Å². The minimum Gasteiger partial charge on any atom is -0.292 e. The highest BCUT2D eigenvalue weighted by molar-refractivity contribution is 9.10. The molecule has 0 fully saturated rings. The monoisotopic (exact) mass is 345 g/mol. The highest BCUT2D eigenvalue weighted by atomic mass is 79.9. The van der Waals surface area contributed by atoms with Gasteiger partial charge in [-0.3, -0.25) is 4.90 Å². The highest BCUT2D eigenvalue weighted by Gasteiger charge is 2.13. The standard InChI is InChI=1S/C11H12BrCl2F2N/c12-9-2-1-8(10(14)5-9)6-17(4-3-13)7-11(15)16/h1-2,5,11H,3-4,6-7H2. The normalized spacial score (nSPS) is 11.5. The molecule has 0 bridgehead atoms. The zero-order valence-corrected chi connectivity index (χ0v) is 12.1. The molecule has 0 atom stereocenters. The van der Waals surface area contributed by atoms with Crippen molar-refractivity contribution in [3.05, 3.63) is 33.3 Å². The number of alkyl halides is 3. The summed E-state index contributed by atoms with van der Waals surface area (Å²) in [6.45, 7) is 0.501. The quantitative estimate of drug-likeness (QED) is 0.690. The predicted octanol–water partition coefficient (Wildman–Crippen LogP) is 4.41. The van der Waals surface area contributed by atoms with Crippen LogP contribution in [0.1, 0.15) is 5.56 Å². The largest absolute Gasteiger partial charge is 0.292 e. The number of halogens is 5. The second-order valence-electron chi connectivity index (χ2n) is 3.55. The molecule has 6 heteroatoms. The number of hydrogen-bond acceptors (Lipinski definition) is 1. The molecule has 0 radical (unpaired) electrons. The molecular formula is C11H12BrCl2F2N. The molecule has 0 unspecified atom stereocenters. The molecular weight excluding hydrogens is 335 g/mol. The smallest absolute Gasteiger partial charge is 0.251 e. The average Bonchev–Trinajstić information content (AvgIpc) is 2.21. The summed E-state index contributed by atoms with van der Waals surface area (Å²) in [5, 5.41) is 0.563. The van der Waals surface area contributed by atoms with Crippen LogP contribution in [0.3, 0.4) is 0 Å². The Hall–Kier alpha value is 0.1000. The van der Waals surface area contributed by atoms with Crippen molar-refractivity contribution in [1.82, 2.24) is 4.90 Å². The third-order valence-corrected chi connectivity index (χ3v) is 3.22. The van der Waals surface area contributed by atoms with E-state index in [1.807, 2.05) is 12.1 Å². The van der Waals surface area contributed by atoms with Crippen molar-refractivity contribution < 1.29 is 8.78 Å². The van der Waals surface area contributed by atoms with Crippen LogP contribution in [0.2, 0.25) is 5.02 Å². The van der Waals surface area contributed by atoms with Gasteiger partial charge in [0.15, 0.2) is 0 Å². The number of benzene rings is 1. The highest BCUT2D eigenvalue weighted by Crippen LogP contribution is 2.22. The van der Waals surface area contributed by atoms with E-state index in [0.717, 1.165) is 10.0 Å². The van der Waals surface area contributed by atoms with Crippen molar-refractivity contribution in [3.63, 3.8) is 0 Å². The first-order chi connectivity index (χ1) is 8.02. The van der Waals surface area contributed by atoms with Crippen LogP contribution in [0.5, 0.6) is 0 Å². The Morgan fingerprint density at radius 1 is 1.35 bits per heavy atom. The van der Waals surface area contributed by atoms with Gasteiger partial charge >= 0.3 is 0 Å². The summed E-state index contributed by atoms with van der Waals surface area (Å²) in [4.78, 5) is 1.59.